The van der Waals surface area contributed by atoms with Crippen molar-refractivity contribution in [2.24, 2.45) is 5.41 Å². The molecule has 1 aromatic heterocycles. The summed E-state index contributed by atoms with van der Waals surface area (Å²) in [6.07, 6.45) is 2.40. The number of anilines is 1. The third-order valence-corrected chi connectivity index (χ3v) is 5.01. The van der Waals surface area contributed by atoms with Crippen molar-refractivity contribution >= 4 is 5.69 Å². The van der Waals surface area contributed by atoms with Gasteiger partial charge in [0.25, 0.3) is 0 Å². The van der Waals surface area contributed by atoms with Gasteiger partial charge in [0, 0.05) is 29.6 Å². The van der Waals surface area contributed by atoms with Crippen molar-refractivity contribution in [3.63, 3.8) is 0 Å². The molecule has 2 atom stereocenters. The van der Waals surface area contributed by atoms with E-state index in [4.69, 9.17) is 18.6 Å². The van der Waals surface area contributed by atoms with Gasteiger partial charge in [0.2, 0.25) is 5.89 Å². The first-order valence-corrected chi connectivity index (χ1v) is 9.69. The van der Waals surface area contributed by atoms with Gasteiger partial charge in [0.1, 0.15) is 12.1 Å². The standard InChI is InChI=1S/C21H27FN2O4/c1-13-9-24(10-14(2)28-13)18-16(20-26-11-21(3,4)12-27-20)7-15(8-17(18)22)19-23-5-6-25-19/h5-8,13-14,20H,9-12H2,1-4H3/t13-,14-/m1/s1. The predicted octanol–water partition coefficient (Wildman–Crippen LogP) is 4.17. The zero-order valence-corrected chi connectivity index (χ0v) is 16.8. The second-order valence-electron chi connectivity index (χ2n) is 8.51. The molecule has 0 N–H and O–H groups in total. The predicted molar refractivity (Wildman–Crippen MR) is 103 cm³/mol. The molecule has 7 heteroatoms. The minimum absolute atomic E-state index is 0.00884. The Bertz CT molecular complexity index is 804. The molecular weight excluding hydrogens is 363 g/mol. The molecule has 2 saturated heterocycles. The summed E-state index contributed by atoms with van der Waals surface area (Å²) >= 11 is 0. The average molecular weight is 390 g/mol. The Morgan fingerprint density at radius 2 is 1.79 bits per heavy atom. The normalized spacial score (nSPS) is 25.8. The van der Waals surface area contributed by atoms with Crippen molar-refractivity contribution in [3.05, 3.63) is 36.0 Å². The van der Waals surface area contributed by atoms with Crippen LogP contribution in [0.4, 0.5) is 10.1 Å². The summed E-state index contributed by atoms with van der Waals surface area (Å²) in [5.74, 6) is 0.0237. The number of rotatable bonds is 3. The molecule has 0 amide bonds. The van der Waals surface area contributed by atoms with Gasteiger partial charge in [-0.2, -0.15) is 0 Å². The van der Waals surface area contributed by atoms with Crippen LogP contribution in [0, 0.1) is 11.2 Å². The quantitative estimate of drug-likeness (QED) is 0.784. The number of ether oxygens (including phenoxy) is 3. The Balaban J connectivity index is 1.76. The molecule has 0 aliphatic carbocycles. The maximum Gasteiger partial charge on any atom is 0.225 e. The summed E-state index contributed by atoms with van der Waals surface area (Å²) in [5, 5.41) is 0. The lowest BCUT2D eigenvalue weighted by Gasteiger charge is -2.40. The molecule has 1 aromatic carbocycles. The van der Waals surface area contributed by atoms with Crippen molar-refractivity contribution in [2.45, 2.75) is 46.2 Å². The van der Waals surface area contributed by atoms with Crippen LogP contribution in [-0.2, 0) is 14.2 Å². The highest BCUT2D eigenvalue weighted by atomic mass is 19.1. The average Bonchev–Trinajstić information content (AvgIpc) is 3.15. The van der Waals surface area contributed by atoms with E-state index in [1.807, 2.05) is 24.8 Å². The van der Waals surface area contributed by atoms with Gasteiger partial charge in [0.05, 0.1) is 37.3 Å². The molecule has 152 valence electrons. The largest absolute Gasteiger partial charge is 0.445 e. The van der Waals surface area contributed by atoms with E-state index in [0.29, 0.717) is 49.0 Å². The number of aromatic nitrogens is 1. The van der Waals surface area contributed by atoms with Crippen LogP contribution in [0.3, 0.4) is 0 Å². The van der Waals surface area contributed by atoms with Crippen molar-refractivity contribution in [1.29, 1.82) is 0 Å². The number of oxazole rings is 1. The highest BCUT2D eigenvalue weighted by Gasteiger charge is 2.34. The Kier molecular flexibility index (Phi) is 5.16. The molecule has 0 spiro atoms. The lowest BCUT2D eigenvalue weighted by Crippen LogP contribution is -2.46. The number of nitrogens with zero attached hydrogens (tertiary/aromatic N) is 2. The topological polar surface area (TPSA) is 57.0 Å². The van der Waals surface area contributed by atoms with Crippen molar-refractivity contribution in [2.75, 3.05) is 31.2 Å². The van der Waals surface area contributed by atoms with Crippen LogP contribution < -0.4 is 4.90 Å². The van der Waals surface area contributed by atoms with Gasteiger partial charge < -0.3 is 23.5 Å². The monoisotopic (exact) mass is 390 g/mol. The number of benzene rings is 1. The molecule has 4 rings (SSSR count). The molecule has 2 aliphatic heterocycles. The Hall–Kier alpha value is -1.96. The summed E-state index contributed by atoms with van der Waals surface area (Å²) in [4.78, 5) is 6.18. The fourth-order valence-corrected chi connectivity index (χ4v) is 3.86. The fraction of sp³-hybridized carbons (Fsp3) is 0.571. The zero-order chi connectivity index (χ0) is 19.9. The van der Waals surface area contributed by atoms with Crippen LogP contribution in [0.5, 0.6) is 0 Å². The van der Waals surface area contributed by atoms with Crippen molar-refractivity contribution < 1.29 is 23.0 Å². The highest BCUT2D eigenvalue weighted by Crippen LogP contribution is 2.40. The maximum absolute atomic E-state index is 15.4. The van der Waals surface area contributed by atoms with E-state index < -0.39 is 6.29 Å². The summed E-state index contributed by atoms with van der Waals surface area (Å²) in [6.45, 7) is 10.4. The van der Waals surface area contributed by atoms with Gasteiger partial charge in [-0.15, -0.1) is 0 Å². The van der Waals surface area contributed by atoms with E-state index in [2.05, 4.69) is 18.8 Å². The summed E-state index contributed by atoms with van der Waals surface area (Å²) in [5.41, 5.74) is 1.65. The van der Waals surface area contributed by atoms with E-state index in [1.54, 1.807) is 6.20 Å². The smallest absolute Gasteiger partial charge is 0.225 e. The molecular formula is C21H27FN2O4. The van der Waals surface area contributed by atoms with E-state index >= 15 is 4.39 Å². The molecule has 0 radical (unpaired) electrons. The van der Waals surface area contributed by atoms with E-state index in [0.717, 1.165) is 0 Å². The molecule has 2 aromatic rings. The molecule has 2 fully saturated rings. The number of morpholine rings is 1. The van der Waals surface area contributed by atoms with Gasteiger partial charge >= 0.3 is 0 Å². The Labute approximate surface area is 164 Å². The van der Waals surface area contributed by atoms with Crippen molar-refractivity contribution in [1.82, 2.24) is 4.98 Å². The lowest BCUT2D eigenvalue weighted by atomic mass is 9.95. The van der Waals surface area contributed by atoms with E-state index in [9.17, 15) is 0 Å². The molecule has 0 saturated carbocycles. The van der Waals surface area contributed by atoms with Gasteiger partial charge in [-0.25, -0.2) is 9.37 Å². The number of hydrogen-bond acceptors (Lipinski definition) is 6. The van der Waals surface area contributed by atoms with Crippen molar-refractivity contribution in [3.8, 4) is 11.5 Å². The first-order chi connectivity index (χ1) is 13.3. The first kappa shape index (κ1) is 19.4. The van der Waals surface area contributed by atoms with Gasteiger partial charge in [0.15, 0.2) is 6.29 Å². The van der Waals surface area contributed by atoms with Crippen LogP contribution in [0.2, 0.25) is 0 Å². The van der Waals surface area contributed by atoms with Gasteiger partial charge in [-0.3, -0.25) is 0 Å². The first-order valence-electron chi connectivity index (χ1n) is 9.69. The zero-order valence-electron chi connectivity index (χ0n) is 16.8. The molecule has 2 aliphatic rings. The minimum Gasteiger partial charge on any atom is -0.445 e. The summed E-state index contributed by atoms with van der Waals surface area (Å²) in [7, 11) is 0. The summed E-state index contributed by atoms with van der Waals surface area (Å²) < 4.78 is 38.6. The second kappa shape index (κ2) is 7.46. The SMILES string of the molecule is C[C@@H]1CN(c2c(F)cc(-c3ncco3)cc2C2OCC(C)(C)CO2)C[C@@H](C)O1. The lowest BCUT2D eigenvalue weighted by molar-refractivity contribution is -0.226. The van der Waals surface area contributed by atoms with Crippen LogP contribution in [-0.4, -0.2) is 43.5 Å². The van der Waals surface area contributed by atoms with Crippen LogP contribution in [0.15, 0.2) is 29.0 Å². The van der Waals surface area contributed by atoms with Gasteiger partial charge in [-0.05, 0) is 26.0 Å². The summed E-state index contributed by atoms with van der Waals surface area (Å²) in [6, 6.07) is 3.32. The fourth-order valence-electron chi connectivity index (χ4n) is 3.86. The Morgan fingerprint density at radius 3 is 2.39 bits per heavy atom. The Morgan fingerprint density at radius 1 is 1.11 bits per heavy atom. The molecule has 0 bridgehead atoms. The molecule has 28 heavy (non-hydrogen) atoms. The maximum atomic E-state index is 15.4. The van der Waals surface area contributed by atoms with E-state index in [1.165, 1.54) is 12.3 Å². The van der Waals surface area contributed by atoms with Crippen LogP contribution in [0.25, 0.3) is 11.5 Å². The second-order valence-corrected chi connectivity index (χ2v) is 8.51. The molecule has 0 unspecified atom stereocenters. The van der Waals surface area contributed by atoms with Crippen LogP contribution in [0.1, 0.15) is 39.5 Å². The number of hydrogen-bond donors (Lipinski definition) is 0. The van der Waals surface area contributed by atoms with E-state index in [-0.39, 0.29) is 23.4 Å². The minimum atomic E-state index is -0.638. The molecule has 6 nitrogen and oxygen atoms in total. The molecule has 3 heterocycles. The van der Waals surface area contributed by atoms with Crippen LogP contribution >= 0.6 is 0 Å². The highest BCUT2D eigenvalue weighted by molar-refractivity contribution is 5.65. The van der Waals surface area contributed by atoms with Gasteiger partial charge in [-0.1, -0.05) is 13.8 Å². The number of halogens is 1. The third-order valence-electron chi connectivity index (χ3n) is 5.01. The third kappa shape index (κ3) is 3.92.